The van der Waals surface area contributed by atoms with Crippen LogP contribution in [-0.4, -0.2) is 51.8 Å². The lowest BCUT2D eigenvalue weighted by atomic mass is 9.69. The average Bonchev–Trinajstić information content (AvgIpc) is 3.07. The lowest BCUT2D eigenvalue weighted by Crippen LogP contribution is -2.46. The van der Waals surface area contributed by atoms with E-state index in [9.17, 15) is 4.79 Å². The number of carbonyl (C=O) groups excluding carboxylic acids is 1. The van der Waals surface area contributed by atoms with Crippen LogP contribution in [0.2, 0.25) is 0 Å². The second-order valence-corrected chi connectivity index (χ2v) is 11.0. The van der Waals surface area contributed by atoms with Crippen molar-refractivity contribution < 1.29 is 19.0 Å². The van der Waals surface area contributed by atoms with Gasteiger partial charge in [-0.3, -0.25) is 9.69 Å². The van der Waals surface area contributed by atoms with Gasteiger partial charge in [-0.05, 0) is 96.7 Å². The normalized spacial score (nSPS) is 14.5. The monoisotopic (exact) mass is 576 g/mol. The molecule has 0 aromatic heterocycles. The third-order valence-corrected chi connectivity index (χ3v) is 8.38. The molecule has 222 valence electrons. The molecule has 1 aliphatic heterocycles. The van der Waals surface area contributed by atoms with E-state index >= 15 is 0 Å². The zero-order chi connectivity index (χ0) is 30.2. The van der Waals surface area contributed by atoms with Gasteiger partial charge in [0.05, 0.1) is 21.3 Å². The van der Waals surface area contributed by atoms with Gasteiger partial charge in [0.2, 0.25) is 0 Å². The van der Waals surface area contributed by atoms with Crippen LogP contribution in [0.1, 0.15) is 39.9 Å². The van der Waals surface area contributed by atoms with Gasteiger partial charge in [0.1, 0.15) is 17.2 Å². The average molecular weight is 577 g/mol. The summed E-state index contributed by atoms with van der Waals surface area (Å²) in [6, 6.07) is 32.5. The van der Waals surface area contributed by atoms with Crippen LogP contribution in [0.25, 0.3) is 0 Å². The molecule has 5 rings (SSSR count). The highest BCUT2D eigenvalue weighted by Gasteiger charge is 2.39. The highest BCUT2D eigenvalue weighted by Crippen LogP contribution is 2.42. The van der Waals surface area contributed by atoms with Crippen LogP contribution in [0.3, 0.4) is 0 Å². The molecule has 1 fully saturated rings. The van der Waals surface area contributed by atoms with E-state index < -0.39 is 0 Å². The van der Waals surface area contributed by atoms with Crippen molar-refractivity contribution in [1.82, 2.24) is 4.90 Å². The predicted octanol–water partition coefficient (Wildman–Crippen LogP) is 7.13. The molecule has 1 amide bonds. The van der Waals surface area contributed by atoms with Crippen molar-refractivity contribution in [2.75, 3.05) is 45.9 Å². The van der Waals surface area contributed by atoms with Crippen LogP contribution < -0.4 is 19.1 Å². The van der Waals surface area contributed by atoms with Crippen molar-refractivity contribution in [1.29, 1.82) is 0 Å². The Morgan fingerprint density at radius 2 is 1.40 bits per heavy atom. The Balaban J connectivity index is 1.41. The summed E-state index contributed by atoms with van der Waals surface area (Å²) in [4.78, 5) is 18.0. The van der Waals surface area contributed by atoms with E-state index in [-0.39, 0.29) is 11.3 Å². The summed E-state index contributed by atoms with van der Waals surface area (Å²) in [6.07, 6.45) is 3.85. The third-order valence-electron chi connectivity index (χ3n) is 8.38. The van der Waals surface area contributed by atoms with E-state index in [0.29, 0.717) is 12.1 Å². The maximum Gasteiger partial charge on any atom is 0.258 e. The molecule has 6 heteroatoms. The summed E-state index contributed by atoms with van der Waals surface area (Å²) in [5, 5.41) is 0. The number of carbonyl (C=O) groups is 1. The standard InChI is InChI=1S/C37H40N2O4/c1-5-23-39(32-14-20-35(43-4)21-15-32)36(40)29-9-6-8-28(25-29)26-38-24-7-22-37(27-38,30-10-16-33(41-2)17-11-30)31-12-18-34(42-3)19-13-31/h5-6,8-21,25H,1,7,22-24,26-27H2,2-4H3. The molecule has 4 aromatic rings. The molecule has 0 atom stereocenters. The van der Waals surface area contributed by atoms with Gasteiger partial charge >= 0.3 is 0 Å². The van der Waals surface area contributed by atoms with Crippen molar-refractivity contribution in [2.45, 2.75) is 24.8 Å². The number of ether oxygens (including phenoxy) is 3. The molecule has 0 saturated carbocycles. The maximum atomic E-state index is 13.7. The molecule has 1 aliphatic rings. The third kappa shape index (κ3) is 6.60. The molecule has 1 heterocycles. The number of methoxy groups -OCH3 is 3. The molecule has 4 aromatic carbocycles. The molecule has 0 spiro atoms. The minimum absolute atomic E-state index is 0.0589. The number of piperidine rings is 1. The molecule has 0 bridgehead atoms. The number of rotatable bonds is 11. The minimum Gasteiger partial charge on any atom is -0.497 e. The van der Waals surface area contributed by atoms with Crippen molar-refractivity contribution in [2.24, 2.45) is 0 Å². The van der Waals surface area contributed by atoms with Gasteiger partial charge in [-0.2, -0.15) is 0 Å². The molecule has 0 unspecified atom stereocenters. The van der Waals surface area contributed by atoms with Gasteiger partial charge in [0.25, 0.3) is 5.91 Å². The zero-order valence-electron chi connectivity index (χ0n) is 25.3. The zero-order valence-corrected chi connectivity index (χ0v) is 25.3. The van der Waals surface area contributed by atoms with E-state index in [4.69, 9.17) is 14.2 Å². The Morgan fingerprint density at radius 3 is 1.93 bits per heavy atom. The fraction of sp³-hybridized carbons (Fsp3) is 0.270. The second kappa shape index (κ2) is 13.6. The van der Waals surface area contributed by atoms with Gasteiger partial charge in [0, 0.05) is 36.3 Å². The molecule has 0 aliphatic carbocycles. The summed E-state index contributed by atoms with van der Waals surface area (Å²) in [5.74, 6) is 2.39. The first kappa shape index (κ1) is 29.9. The fourth-order valence-electron chi connectivity index (χ4n) is 6.15. The van der Waals surface area contributed by atoms with E-state index in [1.165, 1.54) is 11.1 Å². The van der Waals surface area contributed by atoms with Crippen LogP contribution in [0, 0.1) is 0 Å². The molecule has 0 N–H and O–H groups in total. The van der Waals surface area contributed by atoms with Crippen molar-refractivity contribution in [3.63, 3.8) is 0 Å². The second-order valence-electron chi connectivity index (χ2n) is 11.0. The van der Waals surface area contributed by atoms with Gasteiger partial charge in [-0.25, -0.2) is 0 Å². The number of anilines is 1. The maximum absolute atomic E-state index is 13.7. The van der Waals surface area contributed by atoms with Gasteiger partial charge < -0.3 is 19.1 Å². The first-order chi connectivity index (χ1) is 21.0. The number of nitrogens with zero attached hydrogens (tertiary/aromatic N) is 2. The topological polar surface area (TPSA) is 51.2 Å². The Kier molecular flexibility index (Phi) is 9.48. The smallest absolute Gasteiger partial charge is 0.258 e. The Morgan fingerprint density at radius 1 is 0.837 bits per heavy atom. The number of amides is 1. The van der Waals surface area contributed by atoms with Gasteiger partial charge in [-0.1, -0.05) is 42.5 Å². The van der Waals surface area contributed by atoms with E-state index in [0.717, 1.165) is 61.0 Å². The van der Waals surface area contributed by atoms with E-state index in [1.54, 1.807) is 32.3 Å². The Hall–Kier alpha value is -4.55. The summed E-state index contributed by atoms with van der Waals surface area (Å²) in [5.41, 5.74) is 4.93. The largest absolute Gasteiger partial charge is 0.497 e. The highest BCUT2D eigenvalue weighted by molar-refractivity contribution is 6.06. The number of hydrogen-bond donors (Lipinski definition) is 0. The quantitative estimate of drug-likeness (QED) is 0.178. The van der Waals surface area contributed by atoms with Crippen LogP contribution in [-0.2, 0) is 12.0 Å². The summed E-state index contributed by atoms with van der Waals surface area (Å²) in [6.45, 7) is 6.88. The van der Waals surface area contributed by atoms with Crippen LogP contribution in [0.4, 0.5) is 5.69 Å². The summed E-state index contributed by atoms with van der Waals surface area (Å²) < 4.78 is 16.2. The van der Waals surface area contributed by atoms with Crippen LogP contribution in [0.5, 0.6) is 17.2 Å². The molecule has 1 saturated heterocycles. The molecule has 43 heavy (non-hydrogen) atoms. The van der Waals surface area contributed by atoms with Crippen LogP contribution >= 0.6 is 0 Å². The molecule has 0 radical (unpaired) electrons. The van der Waals surface area contributed by atoms with E-state index in [1.807, 2.05) is 66.7 Å². The predicted molar refractivity (Wildman–Crippen MR) is 173 cm³/mol. The Bertz CT molecular complexity index is 1470. The number of hydrogen-bond acceptors (Lipinski definition) is 5. The lowest BCUT2D eigenvalue weighted by molar-refractivity contribution is 0.0989. The summed E-state index contributed by atoms with van der Waals surface area (Å²) in [7, 11) is 5.03. The van der Waals surface area contributed by atoms with Crippen molar-refractivity contribution in [3.8, 4) is 17.2 Å². The molecular weight excluding hydrogens is 536 g/mol. The number of benzene rings is 4. The lowest BCUT2D eigenvalue weighted by Gasteiger charge is -2.44. The fourth-order valence-corrected chi connectivity index (χ4v) is 6.15. The van der Waals surface area contributed by atoms with Crippen molar-refractivity contribution in [3.05, 3.63) is 132 Å². The highest BCUT2D eigenvalue weighted by atomic mass is 16.5. The van der Waals surface area contributed by atoms with Crippen LogP contribution in [0.15, 0.2) is 110 Å². The first-order valence-electron chi connectivity index (χ1n) is 14.7. The first-order valence-corrected chi connectivity index (χ1v) is 14.7. The van der Waals surface area contributed by atoms with Gasteiger partial charge in [-0.15, -0.1) is 6.58 Å². The molecular formula is C37H40N2O4. The van der Waals surface area contributed by atoms with Crippen molar-refractivity contribution >= 4 is 11.6 Å². The molecule has 6 nitrogen and oxygen atoms in total. The van der Waals surface area contributed by atoms with E-state index in [2.05, 4.69) is 41.8 Å². The Labute approximate surface area is 255 Å². The van der Waals surface area contributed by atoms with Gasteiger partial charge in [0.15, 0.2) is 0 Å². The number of likely N-dealkylation sites (tertiary alicyclic amines) is 1. The minimum atomic E-state index is -0.181. The SMILES string of the molecule is C=CCN(C(=O)c1cccc(CN2CCCC(c3ccc(OC)cc3)(c3ccc(OC)cc3)C2)c1)c1ccc(OC)cc1. The summed E-state index contributed by atoms with van der Waals surface area (Å²) >= 11 is 0.